The van der Waals surface area contributed by atoms with Crippen molar-refractivity contribution < 1.29 is 13.2 Å². The summed E-state index contributed by atoms with van der Waals surface area (Å²) < 4.78 is 37.6. The summed E-state index contributed by atoms with van der Waals surface area (Å²) in [7, 11) is 0. The van der Waals surface area contributed by atoms with E-state index in [0.717, 1.165) is 12.5 Å². The summed E-state index contributed by atoms with van der Waals surface area (Å²) in [6.07, 6.45) is -3.75. The predicted molar refractivity (Wildman–Crippen MR) is 64.6 cm³/mol. The van der Waals surface area contributed by atoms with Crippen LogP contribution in [0.2, 0.25) is 5.28 Å². The van der Waals surface area contributed by atoms with Gasteiger partial charge in [-0.05, 0) is 23.9 Å². The Morgan fingerprint density at radius 2 is 1.94 bits per heavy atom. The number of hydrogen-bond donors (Lipinski definition) is 1. The molecule has 3 nitrogen and oxygen atoms in total. The van der Waals surface area contributed by atoms with E-state index >= 15 is 0 Å². The molecule has 1 N–H and O–H groups in total. The van der Waals surface area contributed by atoms with Gasteiger partial charge in [-0.25, -0.2) is 9.97 Å². The molecule has 0 bridgehead atoms. The van der Waals surface area contributed by atoms with E-state index < -0.39 is 17.2 Å². The van der Waals surface area contributed by atoms with Gasteiger partial charge >= 0.3 is 6.18 Å². The highest BCUT2D eigenvalue weighted by Gasteiger charge is 2.33. The average molecular weight is 282 g/mol. The van der Waals surface area contributed by atoms with Crippen molar-refractivity contribution in [3.8, 4) is 0 Å². The van der Waals surface area contributed by atoms with E-state index in [1.807, 2.05) is 20.8 Å². The Bertz CT molecular complexity index is 407. The van der Waals surface area contributed by atoms with Gasteiger partial charge in [0.15, 0.2) is 5.69 Å². The minimum Gasteiger partial charge on any atom is -0.367 e. The molecule has 0 aliphatic rings. The summed E-state index contributed by atoms with van der Waals surface area (Å²) >= 11 is 5.50. The second-order valence-corrected chi connectivity index (χ2v) is 4.65. The Labute approximate surface area is 109 Å². The van der Waals surface area contributed by atoms with Crippen LogP contribution in [0, 0.1) is 5.92 Å². The molecule has 0 fully saturated rings. The Morgan fingerprint density at radius 1 is 1.33 bits per heavy atom. The second kappa shape index (κ2) is 5.73. The molecule has 1 unspecified atom stereocenters. The lowest BCUT2D eigenvalue weighted by Crippen LogP contribution is -2.25. The molecule has 0 saturated heterocycles. The summed E-state index contributed by atoms with van der Waals surface area (Å²) in [6, 6.07) is 0.911. The Kier molecular flexibility index (Phi) is 4.78. The zero-order chi connectivity index (χ0) is 13.9. The summed E-state index contributed by atoms with van der Waals surface area (Å²) in [6.45, 7) is 5.91. The molecular weight excluding hydrogens is 267 g/mol. The van der Waals surface area contributed by atoms with Crippen molar-refractivity contribution in [1.82, 2.24) is 9.97 Å². The van der Waals surface area contributed by atoms with E-state index in [2.05, 4.69) is 15.3 Å². The van der Waals surface area contributed by atoms with Crippen molar-refractivity contribution in [3.63, 3.8) is 0 Å². The molecule has 1 atom stereocenters. The molecule has 7 heteroatoms. The highest BCUT2D eigenvalue weighted by atomic mass is 35.5. The average Bonchev–Trinajstić information content (AvgIpc) is 2.23. The number of nitrogens with zero attached hydrogens (tertiary/aromatic N) is 2. The van der Waals surface area contributed by atoms with Crippen molar-refractivity contribution in [2.75, 3.05) is 5.32 Å². The van der Waals surface area contributed by atoms with Crippen LogP contribution < -0.4 is 5.32 Å². The molecular formula is C11H15ClF3N3. The second-order valence-electron chi connectivity index (χ2n) is 4.31. The molecule has 1 heterocycles. The Morgan fingerprint density at radius 3 is 2.39 bits per heavy atom. The van der Waals surface area contributed by atoms with Crippen LogP contribution in [0.15, 0.2) is 6.07 Å². The fourth-order valence-electron chi connectivity index (χ4n) is 1.57. The highest BCUT2D eigenvalue weighted by molar-refractivity contribution is 6.28. The maximum atomic E-state index is 12.5. The van der Waals surface area contributed by atoms with Crippen molar-refractivity contribution in [2.45, 2.75) is 39.4 Å². The molecule has 1 rings (SSSR count). The molecule has 18 heavy (non-hydrogen) atoms. The van der Waals surface area contributed by atoms with Crippen LogP contribution in [-0.2, 0) is 6.18 Å². The van der Waals surface area contributed by atoms with Gasteiger partial charge in [0.25, 0.3) is 0 Å². The first kappa shape index (κ1) is 15.0. The smallest absolute Gasteiger partial charge is 0.367 e. The maximum Gasteiger partial charge on any atom is 0.433 e. The molecule has 0 aliphatic carbocycles. The highest BCUT2D eigenvalue weighted by Crippen LogP contribution is 2.30. The van der Waals surface area contributed by atoms with Crippen LogP contribution in [0.1, 0.15) is 32.9 Å². The van der Waals surface area contributed by atoms with Crippen LogP contribution in [0.3, 0.4) is 0 Å². The number of halogens is 4. The fourth-order valence-corrected chi connectivity index (χ4v) is 1.75. The lowest BCUT2D eigenvalue weighted by Gasteiger charge is -2.21. The largest absolute Gasteiger partial charge is 0.433 e. The first-order valence-corrected chi connectivity index (χ1v) is 6.00. The van der Waals surface area contributed by atoms with Crippen LogP contribution in [-0.4, -0.2) is 16.0 Å². The normalized spacial score (nSPS) is 13.8. The molecule has 1 aromatic rings. The van der Waals surface area contributed by atoms with Crippen molar-refractivity contribution in [1.29, 1.82) is 0 Å². The topological polar surface area (TPSA) is 37.8 Å². The summed E-state index contributed by atoms with van der Waals surface area (Å²) in [5, 5.41) is 2.53. The standard InChI is InChI=1S/C11H15ClF3N3/c1-4-7(6(2)3)16-9-5-8(11(13,14)15)17-10(12)18-9/h5-7H,4H2,1-3H3,(H,16,17,18). The molecule has 0 aromatic carbocycles. The SMILES string of the molecule is CCC(Nc1cc(C(F)(F)F)nc(Cl)n1)C(C)C. The monoisotopic (exact) mass is 281 g/mol. The minimum absolute atomic E-state index is 0.0389. The van der Waals surface area contributed by atoms with Gasteiger partial charge in [0, 0.05) is 12.1 Å². The van der Waals surface area contributed by atoms with E-state index in [1.165, 1.54) is 0 Å². The van der Waals surface area contributed by atoms with Gasteiger partial charge < -0.3 is 5.32 Å². The Hall–Kier alpha value is -1.04. The zero-order valence-corrected chi connectivity index (χ0v) is 11.1. The van der Waals surface area contributed by atoms with E-state index in [-0.39, 0.29) is 17.8 Å². The van der Waals surface area contributed by atoms with Crippen molar-refractivity contribution in [2.24, 2.45) is 5.92 Å². The molecule has 0 radical (unpaired) electrons. The van der Waals surface area contributed by atoms with E-state index in [0.29, 0.717) is 0 Å². The fraction of sp³-hybridized carbons (Fsp3) is 0.636. The molecule has 0 aliphatic heterocycles. The molecule has 1 aromatic heterocycles. The molecule has 102 valence electrons. The van der Waals surface area contributed by atoms with Gasteiger partial charge in [-0.2, -0.15) is 13.2 Å². The lowest BCUT2D eigenvalue weighted by molar-refractivity contribution is -0.141. The quantitative estimate of drug-likeness (QED) is 0.848. The predicted octanol–water partition coefficient (Wildman–Crippen LogP) is 4.00. The number of anilines is 1. The van der Waals surface area contributed by atoms with E-state index in [4.69, 9.17) is 11.6 Å². The number of rotatable bonds is 4. The third kappa shape index (κ3) is 4.01. The van der Waals surface area contributed by atoms with Crippen molar-refractivity contribution >= 4 is 17.4 Å². The minimum atomic E-state index is -4.53. The van der Waals surface area contributed by atoms with Gasteiger partial charge in [-0.15, -0.1) is 0 Å². The van der Waals surface area contributed by atoms with Crippen LogP contribution in [0.4, 0.5) is 19.0 Å². The van der Waals surface area contributed by atoms with Crippen LogP contribution in [0.25, 0.3) is 0 Å². The van der Waals surface area contributed by atoms with Crippen LogP contribution >= 0.6 is 11.6 Å². The summed E-state index contributed by atoms with van der Waals surface area (Å²) in [5.41, 5.74) is -1.04. The van der Waals surface area contributed by atoms with Gasteiger partial charge in [-0.1, -0.05) is 20.8 Å². The van der Waals surface area contributed by atoms with Crippen LogP contribution in [0.5, 0.6) is 0 Å². The maximum absolute atomic E-state index is 12.5. The van der Waals surface area contributed by atoms with Gasteiger partial charge in [0.1, 0.15) is 5.82 Å². The van der Waals surface area contributed by atoms with E-state index in [9.17, 15) is 13.2 Å². The Balaban J connectivity index is 3.00. The zero-order valence-electron chi connectivity index (χ0n) is 10.3. The third-order valence-corrected chi connectivity index (χ3v) is 2.74. The third-order valence-electron chi connectivity index (χ3n) is 2.57. The number of hydrogen-bond acceptors (Lipinski definition) is 3. The lowest BCUT2D eigenvalue weighted by atomic mass is 10.0. The van der Waals surface area contributed by atoms with Gasteiger partial charge in [0.2, 0.25) is 5.28 Å². The summed E-state index contributed by atoms with van der Waals surface area (Å²) in [5.74, 6) is 0.376. The molecule has 0 saturated carbocycles. The van der Waals surface area contributed by atoms with Gasteiger partial charge in [-0.3, -0.25) is 0 Å². The molecule has 0 spiro atoms. The molecule has 0 amide bonds. The summed E-state index contributed by atoms with van der Waals surface area (Å²) in [4.78, 5) is 6.93. The van der Waals surface area contributed by atoms with Crippen molar-refractivity contribution in [3.05, 3.63) is 17.0 Å². The van der Waals surface area contributed by atoms with Gasteiger partial charge in [0.05, 0.1) is 0 Å². The first-order chi connectivity index (χ1) is 8.24. The first-order valence-electron chi connectivity index (χ1n) is 5.62. The number of alkyl halides is 3. The van der Waals surface area contributed by atoms with E-state index in [1.54, 1.807) is 0 Å². The number of aromatic nitrogens is 2. The number of nitrogens with one attached hydrogen (secondary N) is 1.